The zero-order chi connectivity index (χ0) is 18.4. The fraction of sp³-hybridized carbons (Fsp3) is 0.389. The molecule has 0 N–H and O–H groups in total. The topological polar surface area (TPSA) is 82.5 Å². The zero-order valence-corrected chi connectivity index (χ0v) is 15.8. The molecule has 0 saturated carbocycles. The Bertz CT molecular complexity index is 845. The summed E-state index contributed by atoms with van der Waals surface area (Å²) in [5.74, 6) is 2.16. The van der Waals surface area contributed by atoms with Crippen LogP contribution in [0.4, 0.5) is 0 Å². The van der Waals surface area contributed by atoms with Crippen LogP contribution in [0.1, 0.15) is 43.7 Å². The number of nitrogens with zero attached hydrogens (tertiary/aromatic N) is 6. The van der Waals surface area contributed by atoms with Crippen LogP contribution in [0.15, 0.2) is 46.9 Å². The maximum absolute atomic E-state index is 5.42. The molecule has 7 nitrogen and oxygen atoms in total. The van der Waals surface area contributed by atoms with E-state index < -0.39 is 0 Å². The van der Waals surface area contributed by atoms with Crippen LogP contribution in [0, 0.1) is 0 Å². The van der Waals surface area contributed by atoms with Crippen molar-refractivity contribution in [2.75, 3.05) is 0 Å². The number of rotatable bonds is 9. The minimum Gasteiger partial charge on any atom is -0.338 e. The van der Waals surface area contributed by atoms with Gasteiger partial charge in [-0.2, -0.15) is 4.98 Å². The summed E-state index contributed by atoms with van der Waals surface area (Å²) in [5, 5.41) is 13.5. The Hall–Kier alpha value is -2.48. The Kier molecular flexibility index (Phi) is 6.17. The third kappa shape index (κ3) is 4.19. The summed E-state index contributed by atoms with van der Waals surface area (Å²) in [6.07, 6.45) is 8.33. The van der Waals surface area contributed by atoms with Crippen LogP contribution in [-0.4, -0.2) is 29.9 Å². The lowest BCUT2D eigenvalue weighted by Gasteiger charge is -2.09. The van der Waals surface area contributed by atoms with Gasteiger partial charge in [-0.15, -0.1) is 16.8 Å². The first-order valence-electron chi connectivity index (χ1n) is 8.66. The molecular weight excluding hydrogens is 348 g/mol. The van der Waals surface area contributed by atoms with Crippen molar-refractivity contribution in [1.29, 1.82) is 0 Å². The van der Waals surface area contributed by atoms with Gasteiger partial charge in [-0.25, -0.2) is 0 Å². The van der Waals surface area contributed by atoms with Gasteiger partial charge in [0.2, 0.25) is 5.89 Å². The molecule has 0 saturated heterocycles. The van der Waals surface area contributed by atoms with Crippen molar-refractivity contribution in [2.24, 2.45) is 0 Å². The van der Waals surface area contributed by atoms with Gasteiger partial charge in [0.1, 0.15) is 0 Å². The van der Waals surface area contributed by atoms with E-state index in [1.54, 1.807) is 24.2 Å². The Labute approximate surface area is 156 Å². The van der Waals surface area contributed by atoms with Crippen LogP contribution in [0.2, 0.25) is 0 Å². The first-order valence-corrected chi connectivity index (χ1v) is 9.54. The highest BCUT2D eigenvalue weighted by molar-refractivity contribution is 7.99. The Morgan fingerprint density at radius 1 is 1.31 bits per heavy atom. The van der Waals surface area contributed by atoms with Gasteiger partial charge in [0.05, 0.1) is 5.25 Å². The van der Waals surface area contributed by atoms with Gasteiger partial charge in [0, 0.05) is 30.9 Å². The summed E-state index contributed by atoms with van der Waals surface area (Å²) in [6.45, 7) is 8.63. The maximum Gasteiger partial charge on any atom is 0.239 e. The fourth-order valence-corrected chi connectivity index (χ4v) is 3.35. The van der Waals surface area contributed by atoms with E-state index >= 15 is 0 Å². The minimum atomic E-state index is -0.0177. The van der Waals surface area contributed by atoms with Crippen LogP contribution < -0.4 is 0 Å². The normalized spacial score (nSPS) is 12.2. The van der Waals surface area contributed by atoms with E-state index in [2.05, 4.69) is 38.8 Å². The standard InChI is InChI=1S/C18H22N6OS/c1-4-6-7-15-20-17(25-23-15)13(3)26-18-22-21-16(24(18)12-5-2)14-8-10-19-11-9-14/h5,8-11,13H,2,4,6-7,12H2,1,3H3. The number of allylic oxidation sites excluding steroid dienone is 1. The molecule has 3 rings (SSSR count). The number of aromatic nitrogens is 6. The summed E-state index contributed by atoms with van der Waals surface area (Å²) >= 11 is 1.55. The first-order chi connectivity index (χ1) is 12.7. The van der Waals surface area contributed by atoms with Crippen LogP contribution in [0.3, 0.4) is 0 Å². The van der Waals surface area contributed by atoms with Crippen LogP contribution in [0.25, 0.3) is 11.4 Å². The number of aryl methyl sites for hydroxylation is 1. The number of thioether (sulfide) groups is 1. The summed E-state index contributed by atoms with van der Waals surface area (Å²) in [5.41, 5.74) is 0.966. The first kappa shape index (κ1) is 18.3. The van der Waals surface area contributed by atoms with Crippen molar-refractivity contribution in [2.45, 2.75) is 50.1 Å². The van der Waals surface area contributed by atoms with Gasteiger partial charge < -0.3 is 4.52 Å². The highest BCUT2D eigenvalue weighted by atomic mass is 32.2. The smallest absolute Gasteiger partial charge is 0.239 e. The Morgan fingerprint density at radius 3 is 2.85 bits per heavy atom. The second kappa shape index (κ2) is 8.75. The van der Waals surface area contributed by atoms with Crippen LogP contribution >= 0.6 is 11.8 Å². The molecule has 0 radical (unpaired) electrons. The highest BCUT2D eigenvalue weighted by Gasteiger charge is 2.21. The monoisotopic (exact) mass is 370 g/mol. The predicted molar refractivity (Wildman–Crippen MR) is 101 cm³/mol. The molecule has 26 heavy (non-hydrogen) atoms. The van der Waals surface area contributed by atoms with Gasteiger partial charge >= 0.3 is 0 Å². The van der Waals surface area contributed by atoms with Crippen molar-refractivity contribution in [3.8, 4) is 11.4 Å². The van der Waals surface area contributed by atoms with Crippen molar-refractivity contribution in [3.05, 3.63) is 48.9 Å². The largest absolute Gasteiger partial charge is 0.338 e. The van der Waals surface area contributed by atoms with E-state index in [0.29, 0.717) is 12.4 Å². The Balaban J connectivity index is 1.79. The van der Waals surface area contributed by atoms with Crippen molar-refractivity contribution >= 4 is 11.8 Å². The second-order valence-corrected chi connectivity index (χ2v) is 7.16. The lowest BCUT2D eigenvalue weighted by atomic mass is 10.2. The van der Waals surface area contributed by atoms with Gasteiger partial charge in [-0.1, -0.05) is 36.3 Å². The molecule has 0 aromatic carbocycles. The molecule has 1 unspecified atom stereocenters. The van der Waals surface area contributed by atoms with Crippen LogP contribution in [-0.2, 0) is 13.0 Å². The summed E-state index contributed by atoms with van der Waals surface area (Å²) in [6, 6.07) is 3.83. The van der Waals surface area contributed by atoms with E-state index in [1.807, 2.05) is 29.7 Å². The van der Waals surface area contributed by atoms with E-state index in [9.17, 15) is 0 Å². The van der Waals surface area contributed by atoms with E-state index in [0.717, 1.165) is 41.6 Å². The van der Waals surface area contributed by atoms with Crippen molar-refractivity contribution < 1.29 is 4.52 Å². The molecule has 3 aromatic heterocycles. The van der Waals surface area contributed by atoms with E-state index in [4.69, 9.17) is 4.52 Å². The molecule has 0 aliphatic carbocycles. The molecule has 0 aliphatic rings. The summed E-state index contributed by atoms with van der Waals surface area (Å²) in [7, 11) is 0. The highest BCUT2D eigenvalue weighted by Crippen LogP contribution is 2.34. The molecule has 0 spiro atoms. The van der Waals surface area contributed by atoms with E-state index in [-0.39, 0.29) is 5.25 Å². The molecule has 136 valence electrons. The molecule has 8 heteroatoms. The molecule has 3 aromatic rings. The van der Waals surface area contributed by atoms with Gasteiger partial charge in [-0.3, -0.25) is 9.55 Å². The number of unbranched alkanes of at least 4 members (excludes halogenated alkanes) is 1. The van der Waals surface area contributed by atoms with Gasteiger partial charge in [0.25, 0.3) is 0 Å². The Morgan fingerprint density at radius 2 is 2.12 bits per heavy atom. The van der Waals surface area contributed by atoms with Crippen molar-refractivity contribution in [1.82, 2.24) is 29.9 Å². The lowest BCUT2D eigenvalue weighted by Crippen LogP contribution is -2.02. The molecule has 0 fully saturated rings. The fourth-order valence-electron chi connectivity index (χ4n) is 2.46. The number of pyridine rings is 1. The molecule has 0 bridgehead atoms. The maximum atomic E-state index is 5.42. The predicted octanol–water partition coefficient (Wildman–Crippen LogP) is 4.11. The van der Waals surface area contributed by atoms with Crippen LogP contribution in [0.5, 0.6) is 0 Å². The quantitative estimate of drug-likeness (QED) is 0.414. The van der Waals surface area contributed by atoms with Gasteiger partial charge in [0.15, 0.2) is 16.8 Å². The third-order valence-corrected chi connectivity index (χ3v) is 4.90. The van der Waals surface area contributed by atoms with Crippen molar-refractivity contribution in [3.63, 3.8) is 0 Å². The van der Waals surface area contributed by atoms with Gasteiger partial charge in [-0.05, 0) is 25.5 Å². The zero-order valence-electron chi connectivity index (χ0n) is 15.0. The SMILES string of the molecule is C=CCn1c(SC(C)c2nc(CCCC)no2)nnc1-c1ccncc1. The second-order valence-electron chi connectivity index (χ2n) is 5.85. The van der Waals surface area contributed by atoms with E-state index in [1.165, 1.54) is 0 Å². The number of hydrogen-bond donors (Lipinski definition) is 0. The minimum absolute atomic E-state index is 0.0177. The summed E-state index contributed by atoms with van der Waals surface area (Å²) in [4.78, 5) is 8.55. The molecule has 0 amide bonds. The molecule has 1 atom stereocenters. The lowest BCUT2D eigenvalue weighted by molar-refractivity contribution is 0.374. The third-order valence-electron chi connectivity index (χ3n) is 3.83. The summed E-state index contributed by atoms with van der Waals surface area (Å²) < 4.78 is 7.44. The molecule has 0 aliphatic heterocycles. The number of hydrogen-bond acceptors (Lipinski definition) is 7. The average molecular weight is 370 g/mol. The molecule has 3 heterocycles. The molecular formula is C18H22N6OS. The average Bonchev–Trinajstić information content (AvgIpc) is 3.29.